The van der Waals surface area contributed by atoms with Gasteiger partial charge in [0.2, 0.25) is 0 Å². The van der Waals surface area contributed by atoms with Crippen molar-refractivity contribution in [3.63, 3.8) is 0 Å². The summed E-state index contributed by atoms with van der Waals surface area (Å²) in [5, 5.41) is 7.94. The summed E-state index contributed by atoms with van der Waals surface area (Å²) >= 11 is 0. The van der Waals surface area contributed by atoms with Gasteiger partial charge in [-0.1, -0.05) is 23.4 Å². The minimum Gasteiger partial charge on any atom is -0.463 e. The van der Waals surface area contributed by atoms with Gasteiger partial charge in [-0.3, -0.25) is 23.9 Å². The van der Waals surface area contributed by atoms with Crippen LogP contribution in [0.1, 0.15) is 26.5 Å². The van der Waals surface area contributed by atoms with Crippen molar-refractivity contribution < 1.29 is 23.8 Å². The first-order valence-electron chi connectivity index (χ1n) is 10.1. The van der Waals surface area contributed by atoms with Gasteiger partial charge in [0.1, 0.15) is 30.7 Å². The largest absolute Gasteiger partial charge is 0.463 e. The normalized spacial score (nSPS) is 19.9. The Kier molecular flexibility index (Phi) is 6.18. The average Bonchev–Trinajstić information content (AvgIpc) is 3.40. The molecule has 0 bridgehead atoms. The molecule has 3 aromatic rings. The summed E-state index contributed by atoms with van der Waals surface area (Å²) in [5.41, 5.74) is -0.152. The Hall–Kier alpha value is -4.06. The second-order valence-electron chi connectivity index (χ2n) is 7.39. The molecular weight excluding hydrogens is 434 g/mol. The van der Waals surface area contributed by atoms with Crippen LogP contribution in [-0.4, -0.2) is 55.3 Å². The number of aromatic amines is 1. The lowest BCUT2D eigenvalue weighted by atomic mass is 10.2. The van der Waals surface area contributed by atoms with Crippen LogP contribution in [0.15, 0.2) is 52.3 Å². The van der Waals surface area contributed by atoms with E-state index in [1.807, 2.05) is 18.2 Å². The van der Waals surface area contributed by atoms with Crippen molar-refractivity contribution in [1.29, 1.82) is 0 Å². The average molecular weight is 455 g/mol. The molecule has 33 heavy (non-hydrogen) atoms. The van der Waals surface area contributed by atoms with Gasteiger partial charge in [0.05, 0.1) is 17.4 Å². The summed E-state index contributed by atoms with van der Waals surface area (Å²) in [4.78, 5) is 50.2. The molecule has 0 spiro atoms. The molecule has 3 heterocycles. The Morgan fingerprint density at radius 2 is 1.94 bits per heavy atom. The van der Waals surface area contributed by atoms with Crippen molar-refractivity contribution in [2.45, 2.75) is 38.7 Å². The lowest BCUT2D eigenvalue weighted by Crippen LogP contribution is -2.33. The molecule has 0 radical (unpaired) electrons. The Bertz CT molecular complexity index is 1280. The molecule has 1 fully saturated rings. The van der Waals surface area contributed by atoms with Crippen LogP contribution in [0.4, 0.5) is 0 Å². The standard InChI is InChI=1S/C21H21N5O7/c1-12(27)31-11-18-17(32-13(2)28)8-19(33-18)25-10-15(20(29)23-21(25)30)16-9-22-24-26(16)14-6-4-3-5-7-14/h3-7,9-10,17-19H,8,11H2,1-2H3,(H,23,29,30)/t17-,18+,19+/m0/s1. The SMILES string of the molecule is CC(=O)OC[C@H]1O[C@@H](n2cc(-c3cnnn3-c3ccccc3)c(=O)[nH]c2=O)C[C@@H]1OC(C)=O. The van der Waals surface area contributed by atoms with E-state index in [9.17, 15) is 19.2 Å². The summed E-state index contributed by atoms with van der Waals surface area (Å²) in [7, 11) is 0. The highest BCUT2D eigenvalue weighted by atomic mass is 16.6. The molecule has 1 N–H and O–H groups in total. The molecule has 1 aromatic carbocycles. The lowest BCUT2D eigenvalue weighted by Gasteiger charge is -2.17. The van der Waals surface area contributed by atoms with Crippen molar-refractivity contribution in [1.82, 2.24) is 24.5 Å². The number of para-hydroxylation sites is 1. The number of carbonyl (C=O) groups is 2. The van der Waals surface area contributed by atoms with Crippen LogP contribution in [0.5, 0.6) is 0 Å². The number of rotatable bonds is 6. The van der Waals surface area contributed by atoms with Gasteiger partial charge in [-0.15, -0.1) is 5.10 Å². The van der Waals surface area contributed by atoms with Crippen LogP contribution in [0.2, 0.25) is 0 Å². The van der Waals surface area contributed by atoms with Gasteiger partial charge in [-0.05, 0) is 12.1 Å². The number of esters is 2. The molecule has 1 saturated heterocycles. The molecular formula is C21H21N5O7. The smallest absolute Gasteiger partial charge is 0.330 e. The van der Waals surface area contributed by atoms with Gasteiger partial charge in [-0.25, -0.2) is 9.48 Å². The fraction of sp³-hybridized carbons (Fsp3) is 0.333. The predicted octanol–water partition coefficient (Wildman–Crippen LogP) is 0.567. The summed E-state index contributed by atoms with van der Waals surface area (Å²) in [5.74, 6) is -1.06. The zero-order valence-corrected chi connectivity index (χ0v) is 17.8. The van der Waals surface area contributed by atoms with E-state index in [1.54, 1.807) is 12.1 Å². The van der Waals surface area contributed by atoms with E-state index in [4.69, 9.17) is 14.2 Å². The lowest BCUT2D eigenvalue weighted by molar-refractivity contribution is -0.155. The number of aromatic nitrogens is 5. The molecule has 12 nitrogen and oxygen atoms in total. The van der Waals surface area contributed by atoms with E-state index >= 15 is 0 Å². The number of H-pyrrole nitrogens is 1. The van der Waals surface area contributed by atoms with E-state index in [1.165, 1.54) is 35.5 Å². The number of hydrogen-bond donors (Lipinski definition) is 1. The highest BCUT2D eigenvalue weighted by Gasteiger charge is 2.40. The maximum atomic E-state index is 12.6. The first-order chi connectivity index (χ1) is 15.8. The van der Waals surface area contributed by atoms with E-state index in [-0.39, 0.29) is 18.6 Å². The van der Waals surface area contributed by atoms with Crippen molar-refractivity contribution in [2.75, 3.05) is 6.61 Å². The quantitative estimate of drug-likeness (QED) is 0.527. The van der Waals surface area contributed by atoms with Crippen LogP contribution in [-0.2, 0) is 23.8 Å². The molecule has 1 aliphatic rings. The van der Waals surface area contributed by atoms with Crippen LogP contribution in [0, 0.1) is 0 Å². The molecule has 1 aliphatic heterocycles. The summed E-state index contributed by atoms with van der Waals surface area (Å²) in [6, 6.07) is 9.07. The molecule has 0 aliphatic carbocycles. The van der Waals surface area contributed by atoms with Gasteiger partial charge in [0.15, 0.2) is 0 Å². The van der Waals surface area contributed by atoms with Gasteiger partial charge >= 0.3 is 17.6 Å². The third-order valence-electron chi connectivity index (χ3n) is 5.05. The molecule has 0 amide bonds. The second kappa shape index (κ2) is 9.20. The second-order valence-corrected chi connectivity index (χ2v) is 7.39. The van der Waals surface area contributed by atoms with Crippen molar-refractivity contribution in [3.05, 3.63) is 63.6 Å². The molecule has 12 heteroatoms. The number of nitrogens with zero attached hydrogens (tertiary/aromatic N) is 4. The zero-order chi connectivity index (χ0) is 23.5. The Morgan fingerprint density at radius 3 is 2.64 bits per heavy atom. The first-order valence-corrected chi connectivity index (χ1v) is 10.1. The van der Waals surface area contributed by atoms with Crippen LogP contribution < -0.4 is 11.2 Å². The molecule has 4 rings (SSSR count). The van der Waals surface area contributed by atoms with Crippen LogP contribution in [0.25, 0.3) is 16.9 Å². The number of hydrogen-bond acceptors (Lipinski definition) is 9. The van der Waals surface area contributed by atoms with E-state index in [0.29, 0.717) is 11.4 Å². The van der Waals surface area contributed by atoms with E-state index in [0.717, 1.165) is 0 Å². The van der Waals surface area contributed by atoms with Gasteiger partial charge in [0, 0.05) is 26.5 Å². The molecule has 2 aromatic heterocycles. The number of ether oxygens (including phenoxy) is 3. The van der Waals surface area contributed by atoms with E-state index < -0.39 is 41.6 Å². The van der Waals surface area contributed by atoms with Crippen molar-refractivity contribution in [2.24, 2.45) is 0 Å². The highest BCUT2D eigenvalue weighted by molar-refractivity contribution is 5.66. The van der Waals surface area contributed by atoms with Crippen molar-refractivity contribution in [3.8, 4) is 16.9 Å². The van der Waals surface area contributed by atoms with Gasteiger partial charge < -0.3 is 14.2 Å². The monoisotopic (exact) mass is 455 g/mol. The Labute approximate surface area is 186 Å². The summed E-state index contributed by atoms with van der Waals surface area (Å²) in [6.45, 7) is 2.34. The summed E-state index contributed by atoms with van der Waals surface area (Å²) in [6.07, 6.45) is 0.481. The first kappa shape index (κ1) is 22.1. The Balaban J connectivity index is 1.69. The Morgan fingerprint density at radius 1 is 1.18 bits per heavy atom. The number of benzene rings is 1. The fourth-order valence-corrected chi connectivity index (χ4v) is 3.62. The zero-order valence-electron chi connectivity index (χ0n) is 17.8. The third-order valence-corrected chi connectivity index (χ3v) is 5.05. The fourth-order valence-electron chi connectivity index (χ4n) is 3.62. The maximum absolute atomic E-state index is 12.6. The van der Waals surface area contributed by atoms with Crippen LogP contribution in [0.3, 0.4) is 0 Å². The number of nitrogens with one attached hydrogen (secondary N) is 1. The topological polar surface area (TPSA) is 147 Å². The molecule has 0 saturated carbocycles. The highest BCUT2D eigenvalue weighted by Crippen LogP contribution is 2.31. The molecule has 3 atom stereocenters. The summed E-state index contributed by atoms with van der Waals surface area (Å²) < 4.78 is 18.8. The minimum atomic E-state index is -0.876. The minimum absolute atomic E-state index is 0.118. The van der Waals surface area contributed by atoms with E-state index in [2.05, 4.69) is 15.3 Å². The van der Waals surface area contributed by atoms with Gasteiger partial charge in [0.25, 0.3) is 5.56 Å². The molecule has 172 valence electrons. The molecule has 0 unspecified atom stereocenters. The predicted molar refractivity (Wildman–Crippen MR) is 112 cm³/mol. The van der Waals surface area contributed by atoms with Crippen LogP contribution >= 0.6 is 0 Å². The maximum Gasteiger partial charge on any atom is 0.330 e. The number of carbonyl (C=O) groups excluding carboxylic acids is 2. The van der Waals surface area contributed by atoms with Gasteiger partial charge in [-0.2, -0.15) is 0 Å². The third kappa shape index (κ3) is 4.75. The van der Waals surface area contributed by atoms with Crippen molar-refractivity contribution >= 4 is 11.9 Å².